The summed E-state index contributed by atoms with van der Waals surface area (Å²) in [6.45, 7) is 1.07. The standard InChI is InChI=1S/C16H19F3N2O3S/c1-20-9-6-15(14(20)22)7-10-21(11-8-15)25(23,24)13-4-2-12(3-5-13)16(17,18)19/h2-5H,6-11H2,1H3. The quantitative estimate of drug-likeness (QED) is 0.796. The zero-order valence-electron chi connectivity index (χ0n) is 13.7. The summed E-state index contributed by atoms with van der Waals surface area (Å²) in [7, 11) is -2.12. The first-order valence-electron chi connectivity index (χ1n) is 7.99. The molecule has 2 fully saturated rings. The highest BCUT2D eigenvalue weighted by atomic mass is 32.2. The molecule has 1 spiro atoms. The second-order valence-electron chi connectivity index (χ2n) is 6.68. The maximum Gasteiger partial charge on any atom is 0.416 e. The first kappa shape index (κ1) is 18.2. The molecule has 1 aromatic carbocycles. The van der Waals surface area contributed by atoms with E-state index in [2.05, 4.69) is 0 Å². The number of hydrogen-bond acceptors (Lipinski definition) is 3. The zero-order valence-corrected chi connectivity index (χ0v) is 14.5. The number of alkyl halides is 3. The normalized spacial score (nSPS) is 21.9. The Labute approximate surface area is 144 Å². The molecule has 0 bridgehead atoms. The summed E-state index contributed by atoms with van der Waals surface area (Å²) in [6, 6.07) is 3.51. The Morgan fingerprint density at radius 3 is 1.96 bits per heavy atom. The Bertz CT molecular complexity index is 767. The van der Waals surface area contributed by atoms with E-state index in [1.54, 1.807) is 11.9 Å². The molecule has 1 aromatic rings. The largest absolute Gasteiger partial charge is 0.416 e. The Kier molecular flexibility index (Phi) is 4.35. The van der Waals surface area contributed by atoms with E-state index in [0.29, 0.717) is 19.4 Å². The summed E-state index contributed by atoms with van der Waals surface area (Å²) in [5.41, 5.74) is -1.37. The highest BCUT2D eigenvalue weighted by Gasteiger charge is 2.48. The van der Waals surface area contributed by atoms with Crippen molar-refractivity contribution in [1.29, 1.82) is 0 Å². The van der Waals surface area contributed by atoms with Gasteiger partial charge in [0.25, 0.3) is 0 Å². The molecule has 0 atom stereocenters. The number of halogens is 3. The average Bonchev–Trinajstić information content (AvgIpc) is 2.83. The van der Waals surface area contributed by atoms with Crippen LogP contribution in [0.2, 0.25) is 0 Å². The van der Waals surface area contributed by atoms with Crippen molar-refractivity contribution in [2.75, 3.05) is 26.7 Å². The minimum Gasteiger partial charge on any atom is -0.345 e. The third-order valence-electron chi connectivity index (χ3n) is 5.23. The number of likely N-dealkylation sites (tertiary alicyclic amines) is 1. The molecular weight excluding hydrogens is 357 g/mol. The third-order valence-corrected chi connectivity index (χ3v) is 7.14. The highest BCUT2D eigenvalue weighted by Crippen LogP contribution is 2.42. The summed E-state index contributed by atoms with van der Waals surface area (Å²) in [5, 5.41) is 0. The fourth-order valence-electron chi connectivity index (χ4n) is 3.58. The Balaban J connectivity index is 1.75. The minimum atomic E-state index is -4.51. The Hall–Kier alpha value is -1.61. The van der Waals surface area contributed by atoms with Crippen LogP contribution in [0.1, 0.15) is 24.8 Å². The van der Waals surface area contributed by atoms with E-state index in [1.807, 2.05) is 0 Å². The second kappa shape index (κ2) is 5.98. The molecule has 2 heterocycles. The van der Waals surface area contributed by atoms with Crippen molar-refractivity contribution in [3.8, 4) is 0 Å². The molecule has 138 valence electrons. The molecule has 1 amide bonds. The predicted molar refractivity (Wildman–Crippen MR) is 84.1 cm³/mol. The van der Waals surface area contributed by atoms with E-state index >= 15 is 0 Å². The van der Waals surface area contributed by atoms with Crippen molar-refractivity contribution < 1.29 is 26.4 Å². The molecular formula is C16H19F3N2O3S. The van der Waals surface area contributed by atoms with Gasteiger partial charge in [-0.25, -0.2) is 8.42 Å². The fraction of sp³-hybridized carbons (Fsp3) is 0.562. The van der Waals surface area contributed by atoms with E-state index < -0.39 is 27.2 Å². The van der Waals surface area contributed by atoms with Crippen LogP contribution in [-0.4, -0.2) is 50.2 Å². The van der Waals surface area contributed by atoms with Crippen LogP contribution in [0.25, 0.3) is 0 Å². The number of carbonyl (C=O) groups excluding carboxylic acids is 1. The average molecular weight is 376 g/mol. The van der Waals surface area contributed by atoms with Crippen molar-refractivity contribution in [3.05, 3.63) is 29.8 Å². The monoisotopic (exact) mass is 376 g/mol. The molecule has 25 heavy (non-hydrogen) atoms. The smallest absolute Gasteiger partial charge is 0.345 e. The SMILES string of the molecule is CN1CCC2(CCN(S(=O)(=O)c3ccc(C(F)(F)F)cc3)CC2)C1=O. The number of sulfonamides is 1. The Morgan fingerprint density at radius 2 is 1.52 bits per heavy atom. The number of amides is 1. The van der Waals surface area contributed by atoms with Crippen LogP contribution in [0.3, 0.4) is 0 Å². The van der Waals surface area contributed by atoms with Crippen molar-refractivity contribution in [2.24, 2.45) is 5.41 Å². The van der Waals surface area contributed by atoms with Gasteiger partial charge in [0.05, 0.1) is 15.9 Å². The molecule has 3 rings (SSSR count). The molecule has 0 radical (unpaired) electrons. The van der Waals surface area contributed by atoms with Crippen LogP contribution in [0.5, 0.6) is 0 Å². The van der Waals surface area contributed by atoms with E-state index in [1.165, 1.54) is 4.31 Å². The molecule has 0 N–H and O–H groups in total. The van der Waals surface area contributed by atoms with Crippen LogP contribution in [0.4, 0.5) is 13.2 Å². The molecule has 0 saturated carbocycles. The number of rotatable bonds is 2. The van der Waals surface area contributed by atoms with E-state index in [0.717, 1.165) is 30.7 Å². The number of nitrogens with zero attached hydrogens (tertiary/aromatic N) is 2. The maximum atomic E-state index is 12.6. The summed E-state index contributed by atoms with van der Waals surface area (Å²) in [4.78, 5) is 13.8. The van der Waals surface area contributed by atoms with Gasteiger partial charge in [0, 0.05) is 26.7 Å². The van der Waals surface area contributed by atoms with Crippen LogP contribution in [0.15, 0.2) is 29.2 Å². The van der Waals surface area contributed by atoms with Gasteiger partial charge < -0.3 is 4.90 Å². The summed E-state index contributed by atoms with van der Waals surface area (Å²) in [5.74, 6) is 0.0547. The predicted octanol–water partition coefficient (Wildman–Crippen LogP) is 2.34. The minimum absolute atomic E-state index is 0.0547. The van der Waals surface area contributed by atoms with Crippen LogP contribution < -0.4 is 0 Å². The topological polar surface area (TPSA) is 57.7 Å². The maximum absolute atomic E-state index is 12.6. The van der Waals surface area contributed by atoms with Crippen LogP contribution >= 0.6 is 0 Å². The number of hydrogen-bond donors (Lipinski definition) is 0. The fourth-order valence-corrected chi connectivity index (χ4v) is 5.02. The molecule has 5 nitrogen and oxygen atoms in total. The van der Waals surface area contributed by atoms with Gasteiger partial charge in [-0.3, -0.25) is 4.79 Å². The lowest BCUT2D eigenvalue weighted by Crippen LogP contribution is -2.46. The number of carbonyl (C=O) groups is 1. The first-order valence-corrected chi connectivity index (χ1v) is 9.43. The van der Waals surface area contributed by atoms with Crippen molar-refractivity contribution in [3.63, 3.8) is 0 Å². The van der Waals surface area contributed by atoms with E-state index in [9.17, 15) is 26.4 Å². The lowest BCUT2D eigenvalue weighted by atomic mass is 9.78. The van der Waals surface area contributed by atoms with Crippen molar-refractivity contribution >= 4 is 15.9 Å². The van der Waals surface area contributed by atoms with Gasteiger partial charge in [0.1, 0.15) is 0 Å². The first-order chi connectivity index (χ1) is 11.6. The van der Waals surface area contributed by atoms with Crippen molar-refractivity contribution in [2.45, 2.75) is 30.3 Å². The molecule has 0 aliphatic carbocycles. The van der Waals surface area contributed by atoms with Gasteiger partial charge in [-0.05, 0) is 43.5 Å². The van der Waals surface area contributed by atoms with E-state index in [4.69, 9.17) is 0 Å². The number of piperidine rings is 1. The van der Waals surface area contributed by atoms with Crippen LogP contribution in [-0.2, 0) is 21.0 Å². The molecule has 9 heteroatoms. The van der Waals surface area contributed by atoms with Crippen LogP contribution in [0, 0.1) is 5.41 Å². The summed E-state index contributed by atoms with van der Waals surface area (Å²) >= 11 is 0. The van der Waals surface area contributed by atoms with Gasteiger partial charge in [-0.15, -0.1) is 0 Å². The third kappa shape index (κ3) is 3.15. The van der Waals surface area contributed by atoms with Crippen molar-refractivity contribution in [1.82, 2.24) is 9.21 Å². The molecule has 0 aromatic heterocycles. The molecule has 0 unspecified atom stereocenters. The summed E-state index contributed by atoms with van der Waals surface area (Å²) < 4.78 is 64.4. The lowest BCUT2D eigenvalue weighted by Gasteiger charge is -2.37. The lowest BCUT2D eigenvalue weighted by molar-refractivity contribution is -0.138. The van der Waals surface area contributed by atoms with E-state index in [-0.39, 0.29) is 23.9 Å². The molecule has 2 saturated heterocycles. The van der Waals surface area contributed by atoms with Gasteiger partial charge in [0.2, 0.25) is 15.9 Å². The Morgan fingerprint density at radius 1 is 1.00 bits per heavy atom. The molecule has 2 aliphatic heterocycles. The highest BCUT2D eigenvalue weighted by molar-refractivity contribution is 7.89. The van der Waals surface area contributed by atoms with Gasteiger partial charge in [-0.2, -0.15) is 17.5 Å². The van der Waals surface area contributed by atoms with Gasteiger partial charge >= 0.3 is 6.18 Å². The van der Waals surface area contributed by atoms with Gasteiger partial charge in [-0.1, -0.05) is 0 Å². The summed E-state index contributed by atoms with van der Waals surface area (Å²) in [6.07, 6.45) is -2.91. The zero-order chi connectivity index (χ0) is 18.5. The van der Waals surface area contributed by atoms with Gasteiger partial charge in [0.15, 0.2) is 0 Å². The number of benzene rings is 1. The second-order valence-corrected chi connectivity index (χ2v) is 8.62. The molecule has 2 aliphatic rings.